The molecule has 1 aliphatic rings. The summed E-state index contributed by atoms with van der Waals surface area (Å²) in [5, 5.41) is 0. The van der Waals surface area contributed by atoms with Crippen LogP contribution >= 0.6 is 0 Å². The summed E-state index contributed by atoms with van der Waals surface area (Å²) in [6, 6.07) is 9.23. The molecule has 0 fully saturated rings. The molecule has 1 aliphatic carbocycles. The first-order valence-electron chi connectivity index (χ1n) is 5.57. The number of rotatable bonds is 4. The first kappa shape index (κ1) is 12.6. The maximum Gasteiger partial charge on any atom is 0.152 e. The SMILES string of the molecule is O=CC1=C(F)CC(OCc2ccccc2)C(F)=C1. The van der Waals surface area contributed by atoms with E-state index in [1.165, 1.54) is 0 Å². The molecule has 0 N–H and O–H groups in total. The zero-order chi connectivity index (χ0) is 13.0. The third kappa shape index (κ3) is 2.90. The molecule has 94 valence electrons. The van der Waals surface area contributed by atoms with E-state index in [-0.39, 0.29) is 18.6 Å². The van der Waals surface area contributed by atoms with E-state index in [1.54, 1.807) is 0 Å². The van der Waals surface area contributed by atoms with Crippen molar-refractivity contribution in [3.05, 3.63) is 59.2 Å². The van der Waals surface area contributed by atoms with Crippen LogP contribution < -0.4 is 0 Å². The maximum absolute atomic E-state index is 13.5. The van der Waals surface area contributed by atoms with Gasteiger partial charge in [0.15, 0.2) is 6.29 Å². The van der Waals surface area contributed by atoms with Crippen LogP contribution in [-0.2, 0) is 16.1 Å². The Balaban J connectivity index is 1.99. The molecule has 0 amide bonds. The average molecular weight is 250 g/mol. The van der Waals surface area contributed by atoms with E-state index in [0.29, 0.717) is 6.29 Å². The Labute approximate surface area is 104 Å². The molecule has 0 saturated carbocycles. The number of benzene rings is 1. The Morgan fingerprint density at radius 3 is 2.67 bits per heavy atom. The van der Waals surface area contributed by atoms with E-state index in [0.717, 1.165) is 11.6 Å². The molecular weight excluding hydrogens is 238 g/mol. The summed E-state index contributed by atoms with van der Waals surface area (Å²) < 4.78 is 32.2. The lowest BCUT2D eigenvalue weighted by Gasteiger charge is -2.19. The van der Waals surface area contributed by atoms with Gasteiger partial charge in [-0.2, -0.15) is 0 Å². The molecule has 0 saturated heterocycles. The van der Waals surface area contributed by atoms with Gasteiger partial charge in [0.1, 0.15) is 17.8 Å². The summed E-state index contributed by atoms with van der Waals surface area (Å²) in [6.45, 7) is 0.205. The third-order valence-electron chi connectivity index (χ3n) is 2.70. The second kappa shape index (κ2) is 5.69. The van der Waals surface area contributed by atoms with Gasteiger partial charge >= 0.3 is 0 Å². The summed E-state index contributed by atoms with van der Waals surface area (Å²) in [4.78, 5) is 10.5. The quantitative estimate of drug-likeness (QED) is 0.767. The highest BCUT2D eigenvalue weighted by Gasteiger charge is 2.24. The van der Waals surface area contributed by atoms with Crippen LogP contribution in [0.2, 0.25) is 0 Å². The van der Waals surface area contributed by atoms with Gasteiger partial charge in [-0.1, -0.05) is 30.3 Å². The van der Waals surface area contributed by atoms with E-state index >= 15 is 0 Å². The smallest absolute Gasteiger partial charge is 0.152 e. The highest BCUT2D eigenvalue weighted by atomic mass is 19.1. The fraction of sp³-hybridized carbons (Fsp3) is 0.214. The van der Waals surface area contributed by atoms with Crippen LogP contribution in [0.15, 0.2) is 53.6 Å². The highest BCUT2D eigenvalue weighted by molar-refractivity contribution is 5.79. The Hall–Kier alpha value is -1.81. The van der Waals surface area contributed by atoms with E-state index in [4.69, 9.17) is 4.74 Å². The topological polar surface area (TPSA) is 26.3 Å². The first-order chi connectivity index (χ1) is 8.70. The number of aldehydes is 1. The fourth-order valence-electron chi connectivity index (χ4n) is 1.71. The average Bonchev–Trinajstić information content (AvgIpc) is 2.40. The van der Waals surface area contributed by atoms with Crippen molar-refractivity contribution in [3.63, 3.8) is 0 Å². The fourth-order valence-corrected chi connectivity index (χ4v) is 1.71. The van der Waals surface area contributed by atoms with Crippen molar-refractivity contribution in [2.24, 2.45) is 0 Å². The molecule has 1 aromatic carbocycles. The lowest BCUT2D eigenvalue weighted by molar-refractivity contribution is -0.104. The van der Waals surface area contributed by atoms with Gasteiger partial charge in [-0.25, -0.2) is 8.78 Å². The van der Waals surface area contributed by atoms with Crippen molar-refractivity contribution < 1.29 is 18.3 Å². The van der Waals surface area contributed by atoms with Crippen LogP contribution in [0.5, 0.6) is 0 Å². The molecule has 2 rings (SSSR count). The standard InChI is InChI=1S/C14H12F2O2/c15-12-7-14(13(16)6-11(12)8-17)18-9-10-4-2-1-3-5-10/h1-6,8,14H,7,9H2. The highest BCUT2D eigenvalue weighted by Crippen LogP contribution is 2.28. The normalized spacial score (nSPS) is 19.7. The summed E-state index contributed by atoms with van der Waals surface area (Å²) in [7, 11) is 0. The minimum atomic E-state index is -0.950. The molecule has 4 heteroatoms. The third-order valence-corrected chi connectivity index (χ3v) is 2.70. The van der Waals surface area contributed by atoms with E-state index in [1.807, 2.05) is 30.3 Å². The molecule has 1 aromatic rings. The Bertz CT molecular complexity index is 492. The molecular formula is C14H12F2O2. The van der Waals surface area contributed by atoms with Gasteiger partial charge in [0.05, 0.1) is 6.61 Å². The lowest BCUT2D eigenvalue weighted by Crippen LogP contribution is -2.18. The monoisotopic (exact) mass is 250 g/mol. The predicted octanol–water partition coefficient (Wildman–Crippen LogP) is 3.25. The molecule has 0 radical (unpaired) electrons. The van der Waals surface area contributed by atoms with E-state index < -0.39 is 17.8 Å². The molecule has 0 bridgehead atoms. The molecule has 0 aliphatic heterocycles. The van der Waals surface area contributed by atoms with Crippen LogP contribution in [0, 0.1) is 0 Å². The largest absolute Gasteiger partial charge is 0.366 e. The molecule has 1 atom stereocenters. The summed E-state index contributed by atoms with van der Waals surface area (Å²) >= 11 is 0. The molecule has 18 heavy (non-hydrogen) atoms. The van der Waals surface area contributed by atoms with Gasteiger partial charge in [0, 0.05) is 12.0 Å². The predicted molar refractivity (Wildman–Crippen MR) is 63.0 cm³/mol. The second-order valence-electron chi connectivity index (χ2n) is 4.00. The van der Waals surface area contributed by atoms with Crippen LogP contribution in [-0.4, -0.2) is 12.4 Å². The van der Waals surface area contributed by atoms with Gasteiger partial charge in [-0.15, -0.1) is 0 Å². The Morgan fingerprint density at radius 1 is 1.28 bits per heavy atom. The number of carbonyl (C=O) groups excluding carboxylic acids is 1. The van der Waals surface area contributed by atoms with Gasteiger partial charge in [0.25, 0.3) is 0 Å². The molecule has 0 spiro atoms. The minimum Gasteiger partial charge on any atom is -0.366 e. The van der Waals surface area contributed by atoms with Gasteiger partial charge < -0.3 is 4.74 Å². The number of halogens is 2. The molecule has 0 aromatic heterocycles. The number of hydrogen-bond donors (Lipinski definition) is 0. The second-order valence-corrected chi connectivity index (χ2v) is 4.00. The van der Waals surface area contributed by atoms with E-state index in [9.17, 15) is 13.6 Å². The molecule has 1 unspecified atom stereocenters. The number of carbonyl (C=O) groups is 1. The molecule has 2 nitrogen and oxygen atoms in total. The van der Waals surface area contributed by atoms with Crippen LogP contribution in [0.3, 0.4) is 0 Å². The summed E-state index contributed by atoms with van der Waals surface area (Å²) in [6.07, 6.45) is 0.0153. The van der Waals surface area contributed by atoms with Crippen molar-refractivity contribution in [1.29, 1.82) is 0 Å². The lowest BCUT2D eigenvalue weighted by atomic mass is 10.0. The number of allylic oxidation sites excluding steroid dienone is 2. The van der Waals surface area contributed by atoms with E-state index in [2.05, 4.69) is 0 Å². The van der Waals surface area contributed by atoms with Crippen LogP contribution in [0.4, 0.5) is 8.78 Å². The Morgan fingerprint density at radius 2 is 2.00 bits per heavy atom. The zero-order valence-electron chi connectivity index (χ0n) is 9.61. The van der Waals surface area contributed by atoms with Crippen molar-refractivity contribution in [1.82, 2.24) is 0 Å². The van der Waals surface area contributed by atoms with Gasteiger partial charge in [0.2, 0.25) is 0 Å². The molecule has 0 heterocycles. The number of ether oxygens (including phenoxy) is 1. The summed E-state index contributed by atoms with van der Waals surface area (Å²) in [5.41, 5.74) is 0.642. The van der Waals surface area contributed by atoms with Crippen LogP contribution in [0.25, 0.3) is 0 Å². The van der Waals surface area contributed by atoms with Crippen molar-refractivity contribution in [3.8, 4) is 0 Å². The van der Waals surface area contributed by atoms with Crippen LogP contribution in [0.1, 0.15) is 12.0 Å². The Kier molecular flexibility index (Phi) is 3.99. The number of hydrogen-bond acceptors (Lipinski definition) is 2. The van der Waals surface area contributed by atoms with Gasteiger partial charge in [-0.05, 0) is 11.6 Å². The summed E-state index contributed by atoms with van der Waals surface area (Å²) in [5.74, 6) is -1.25. The van der Waals surface area contributed by atoms with Crippen molar-refractivity contribution in [2.75, 3.05) is 0 Å². The first-order valence-corrected chi connectivity index (χ1v) is 5.57. The maximum atomic E-state index is 13.5. The van der Waals surface area contributed by atoms with Gasteiger partial charge in [-0.3, -0.25) is 4.79 Å². The zero-order valence-corrected chi connectivity index (χ0v) is 9.61. The van der Waals surface area contributed by atoms with Crippen molar-refractivity contribution >= 4 is 6.29 Å². The minimum absolute atomic E-state index is 0.205. The van der Waals surface area contributed by atoms with Crippen molar-refractivity contribution in [2.45, 2.75) is 19.1 Å².